The Hall–Kier alpha value is -2.55. The minimum absolute atomic E-state index is 0.0906. The van der Waals surface area contributed by atoms with Crippen LogP contribution in [0.25, 0.3) is 11.0 Å². The molecule has 0 bridgehead atoms. The number of hydrazine groups is 1. The minimum atomic E-state index is -0.0906. The number of nitrogens with zero attached hydrogens (tertiary/aromatic N) is 4. The number of benzene rings is 1. The van der Waals surface area contributed by atoms with E-state index in [1.807, 2.05) is 30.5 Å². The van der Waals surface area contributed by atoms with Crippen LogP contribution in [0.2, 0.25) is 0 Å². The van der Waals surface area contributed by atoms with Gasteiger partial charge in [-0.2, -0.15) is 0 Å². The van der Waals surface area contributed by atoms with Crippen LogP contribution < -0.4 is 15.8 Å². The predicted molar refractivity (Wildman–Crippen MR) is 114 cm³/mol. The molecule has 8 heteroatoms. The van der Waals surface area contributed by atoms with Gasteiger partial charge in [0.2, 0.25) is 0 Å². The van der Waals surface area contributed by atoms with Gasteiger partial charge < -0.3 is 9.72 Å². The van der Waals surface area contributed by atoms with E-state index in [4.69, 9.17) is 14.7 Å². The summed E-state index contributed by atoms with van der Waals surface area (Å²) in [5.74, 6) is 2.47. The Labute approximate surface area is 175 Å². The number of ether oxygens (including phenoxy) is 1. The van der Waals surface area contributed by atoms with Gasteiger partial charge in [-0.15, -0.1) is 0 Å². The Morgan fingerprint density at radius 3 is 2.93 bits per heavy atom. The molecule has 8 nitrogen and oxygen atoms in total. The first-order valence-electron chi connectivity index (χ1n) is 11.0. The molecule has 3 aromatic rings. The molecule has 2 aromatic heterocycles. The summed E-state index contributed by atoms with van der Waals surface area (Å²) in [5.41, 5.74) is 7.77. The number of rotatable bonds is 5. The van der Waals surface area contributed by atoms with Gasteiger partial charge in [-0.05, 0) is 44.7 Å². The van der Waals surface area contributed by atoms with Gasteiger partial charge in [-0.25, -0.2) is 15.4 Å². The van der Waals surface area contributed by atoms with E-state index in [1.54, 1.807) is 0 Å². The third kappa shape index (κ3) is 3.34. The second kappa shape index (κ2) is 7.30. The van der Waals surface area contributed by atoms with Crippen molar-refractivity contribution < 1.29 is 4.74 Å². The van der Waals surface area contributed by atoms with Crippen molar-refractivity contribution in [3.05, 3.63) is 47.7 Å². The molecule has 1 aromatic carbocycles. The number of H-pyrrole nitrogens is 1. The minimum Gasteiger partial charge on any atom is -0.378 e. The first-order chi connectivity index (χ1) is 14.7. The Morgan fingerprint density at radius 1 is 1.20 bits per heavy atom. The summed E-state index contributed by atoms with van der Waals surface area (Å²) in [7, 11) is 0. The molecule has 0 spiro atoms. The second-order valence-electron chi connectivity index (χ2n) is 8.65. The molecule has 156 valence electrons. The lowest BCUT2D eigenvalue weighted by Crippen LogP contribution is -2.49. The molecular formula is C22H27N7O. The van der Waals surface area contributed by atoms with E-state index in [9.17, 15) is 0 Å². The third-order valence-corrected chi connectivity index (χ3v) is 6.30. The second-order valence-corrected chi connectivity index (χ2v) is 8.65. The number of hydrogen-bond donors (Lipinski definition) is 3. The lowest BCUT2D eigenvalue weighted by atomic mass is 10.0. The molecule has 4 heterocycles. The van der Waals surface area contributed by atoms with Crippen molar-refractivity contribution in [2.24, 2.45) is 0 Å². The fourth-order valence-electron chi connectivity index (χ4n) is 4.54. The van der Waals surface area contributed by atoms with E-state index in [0.717, 1.165) is 53.5 Å². The Balaban J connectivity index is 1.25. The number of aromatic nitrogens is 4. The molecule has 0 radical (unpaired) electrons. The number of hydrogen-bond acceptors (Lipinski definition) is 7. The Morgan fingerprint density at radius 2 is 2.10 bits per heavy atom. The van der Waals surface area contributed by atoms with Crippen molar-refractivity contribution >= 4 is 16.9 Å². The summed E-state index contributed by atoms with van der Waals surface area (Å²) in [6.45, 7) is 3.55. The molecule has 1 saturated carbocycles. The van der Waals surface area contributed by atoms with Crippen molar-refractivity contribution in [3.8, 4) is 0 Å². The summed E-state index contributed by atoms with van der Waals surface area (Å²) in [4.78, 5) is 17.9. The number of aromatic amines is 1. The van der Waals surface area contributed by atoms with Gasteiger partial charge in [0.05, 0.1) is 35.4 Å². The van der Waals surface area contributed by atoms with E-state index < -0.39 is 0 Å². The van der Waals surface area contributed by atoms with Crippen LogP contribution >= 0.6 is 0 Å². The van der Waals surface area contributed by atoms with Crippen LogP contribution in [0.15, 0.2) is 30.5 Å². The highest BCUT2D eigenvalue weighted by Crippen LogP contribution is 2.41. The smallest absolute Gasteiger partial charge is 0.168 e. The molecule has 30 heavy (non-hydrogen) atoms. The maximum atomic E-state index is 5.77. The van der Waals surface area contributed by atoms with E-state index in [0.29, 0.717) is 18.5 Å². The standard InChI is InChI=1S/C22H27N7O/c1-13-10-15(8-9-30-13)29-22-20(23-11-18(27-22)14-6-7-14)21(28-29)24-12-19-25-16-4-2-3-5-17(16)26-19/h2-5,11,13-15,21,24,28H,6-10,12H2,1H3,(H,25,26). The Bertz CT molecular complexity index is 1030. The molecule has 2 aliphatic heterocycles. The highest BCUT2D eigenvalue weighted by molar-refractivity contribution is 5.74. The molecule has 3 atom stereocenters. The molecule has 0 amide bonds. The van der Waals surface area contributed by atoms with Crippen LogP contribution in [0.3, 0.4) is 0 Å². The monoisotopic (exact) mass is 405 g/mol. The topological polar surface area (TPSA) is 91.0 Å². The number of imidazole rings is 1. The maximum Gasteiger partial charge on any atom is 0.168 e. The summed E-state index contributed by atoms with van der Waals surface area (Å²) < 4.78 is 5.77. The van der Waals surface area contributed by atoms with E-state index >= 15 is 0 Å². The Kier molecular flexibility index (Phi) is 4.44. The number of para-hydroxylation sites is 2. The van der Waals surface area contributed by atoms with Gasteiger partial charge in [-0.1, -0.05) is 12.1 Å². The van der Waals surface area contributed by atoms with Crippen LogP contribution in [0.4, 0.5) is 5.82 Å². The van der Waals surface area contributed by atoms with Crippen molar-refractivity contribution in [2.45, 2.75) is 63.4 Å². The highest BCUT2D eigenvalue weighted by atomic mass is 16.5. The molecule has 6 rings (SSSR count). The fraction of sp³-hybridized carbons (Fsp3) is 0.500. The zero-order valence-corrected chi connectivity index (χ0v) is 17.1. The fourth-order valence-corrected chi connectivity index (χ4v) is 4.54. The summed E-state index contributed by atoms with van der Waals surface area (Å²) in [5, 5.41) is 5.82. The highest BCUT2D eigenvalue weighted by Gasteiger charge is 2.38. The quantitative estimate of drug-likeness (QED) is 0.601. The maximum absolute atomic E-state index is 5.77. The van der Waals surface area contributed by atoms with Crippen molar-refractivity contribution in [1.82, 2.24) is 30.7 Å². The largest absolute Gasteiger partial charge is 0.378 e. The lowest BCUT2D eigenvalue weighted by molar-refractivity contribution is 0.0166. The number of fused-ring (bicyclic) bond motifs is 2. The molecule has 1 aliphatic carbocycles. The average Bonchev–Trinajstić information content (AvgIpc) is 3.43. The van der Waals surface area contributed by atoms with Crippen LogP contribution in [-0.2, 0) is 11.3 Å². The van der Waals surface area contributed by atoms with Gasteiger partial charge in [0.25, 0.3) is 0 Å². The molecular weight excluding hydrogens is 378 g/mol. The molecule has 3 aliphatic rings. The van der Waals surface area contributed by atoms with Gasteiger partial charge in [0.15, 0.2) is 5.82 Å². The molecule has 2 fully saturated rings. The number of anilines is 1. The lowest BCUT2D eigenvalue weighted by Gasteiger charge is -2.35. The van der Waals surface area contributed by atoms with Crippen LogP contribution in [-0.4, -0.2) is 38.7 Å². The molecule has 3 unspecified atom stereocenters. The van der Waals surface area contributed by atoms with Gasteiger partial charge >= 0.3 is 0 Å². The number of nitrogens with one attached hydrogen (secondary N) is 3. The van der Waals surface area contributed by atoms with Gasteiger partial charge in [-0.3, -0.25) is 15.3 Å². The van der Waals surface area contributed by atoms with Crippen molar-refractivity contribution in [2.75, 3.05) is 11.6 Å². The molecule has 1 saturated heterocycles. The van der Waals surface area contributed by atoms with Crippen LogP contribution in [0.1, 0.15) is 61.9 Å². The zero-order valence-electron chi connectivity index (χ0n) is 17.1. The van der Waals surface area contributed by atoms with Crippen molar-refractivity contribution in [1.29, 1.82) is 0 Å². The summed E-state index contributed by atoms with van der Waals surface area (Å²) >= 11 is 0. The predicted octanol–water partition coefficient (Wildman–Crippen LogP) is 2.91. The van der Waals surface area contributed by atoms with Crippen LogP contribution in [0, 0.1) is 0 Å². The van der Waals surface area contributed by atoms with Crippen molar-refractivity contribution in [3.63, 3.8) is 0 Å². The van der Waals surface area contributed by atoms with Crippen LogP contribution in [0.5, 0.6) is 0 Å². The first kappa shape index (κ1) is 18.2. The van der Waals surface area contributed by atoms with E-state index in [2.05, 4.69) is 32.6 Å². The van der Waals surface area contributed by atoms with E-state index in [-0.39, 0.29) is 12.3 Å². The summed E-state index contributed by atoms with van der Waals surface area (Å²) in [6.07, 6.45) is 6.56. The van der Waals surface area contributed by atoms with Gasteiger partial charge in [0.1, 0.15) is 17.7 Å². The summed E-state index contributed by atoms with van der Waals surface area (Å²) in [6, 6.07) is 8.46. The molecule has 3 N–H and O–H groups in total. The SMILES string of the molecule is CC1CC(N2NC(NCc3nc4ccccc4[nH]3)c3ncc(C4CC4)nc32)CCO1. The van der Waals surface area contributed by atoms with E-state index in [1.165, 1.54) is 12.8 Å². The third-order valence-electron chi connectivity index (χ3n) is 6.30. The zero-order chi connectivity index (χ0) is 20.1. The van der Waals surface area contributed by atoms with Gasteiger partial charge in [0, 0.05) is 18.7 Å². The normalized spacial score (nSPS) is 26.3. The first-order valence-corrected chi connectivity index (χ1v) is 11.0. The average molecular weight is 406 g/mol.